The van der Waals surface area contributed by atoms with E-state index in [1.165, 1.54) is 4.90 Å². The lowest BCUT2D eigenvalue weighted by Crippen LogP contribution is -2.60. The van der Waals surface area contributed by atoms with E-state index >= 15 is 0 Å². The SMILES string of the molecule is O=C(O)N1CCCC(O)(CN2CC(F)C2)C1. The number of amides is 1. The van der Waals surface area contributed by atoms with Crippen LogP contribution in [0.5, 0.6) is 0 Å². The Hall–Kier alpha value is -0.880. The lowest BCUT2D eigenvalue weighted by molar-refractivity contribution is -0.0718. The number of aliphatic hydroxyl groups is 1. The molecule has 0 radical (unpaired) electrons. The van der Waals surface area contributed by atoms with E-state index in [1.54, 1.807) is 0 Å². The number of halogens is 1. The van der Waals surface area contributed by atoms with Gasteiger partial charge in [-0.3, -0.25) is 4.90 Å². The van der Waals surface area contributed by atoms with Crippen LogP contribution in [-0.4, -0.2) is 70.6 Å². The fourth-order valence-electron chi connectivity index (χ4n) is 2.46. The topological polar surface area (TPSA) is 64.0 Å². The number of carbonyl (C=O) groups is 1. The van der Waals surface area contributed by atoms with Gasteiger partial charge in [0.2, 0.25) is 0 Å². The second kappa shape index (κ2) is 4.18. The molecule has 2 heterocycles. The first-order chi connectivity index (χ1) is 7.48. The molecule has 92 valence electrons. The summed E-state index contributed by atoms with van der Waals surface area (Å²) in [5.74, 6) is 0. The molecule has 0 saturated carbocycles. The van der Waals surface area contributed by atoms with Gasteiger partial charge in [-0.1, -0.05) is 0 Å². The summed E-state index contributed by atoms with van der Waals surface area (Å²) in [6, 6.07) is 0. The zero-order valence-electron chi connectivity index (χ0n) is 9.10. The molecule has 0 aromatic heterocycles. The highest BCUT2D eigenvalue weighted by Gasteiger charge is 2.39. The van der Waals surface area contributed by atoms with Crippen molar-refractivity contribution >= 4 is 6.09 Å². The van der Waals surface area contributed by atoms with E-state index in [9.17, 15) is 14.3 Å². The zero-order valence-corrected chi connectivity index (χ0v) is 9.10. The van der Waals surface area contributed by atoms with Crippen LogP contribution in [-0.2, 0) is 0 Å². The highest BCUT2D eigenvalue weighted by Crippen LogP contribution is 2.24. The smallest absolute Gasteiger partial charge is 0.407 e. The number of alkyl halides is 1. The molecule has 2 saturated heterocycles. The Balaban J connectivity index is 1.88. The highest BCUT2D eigenvalue weighted by atomic mass is 19.1. The highest BCUT2D eigenvalue weighted by molar-refractivity contribution is 5.65. The van der Waals surface area contributed by atoms with Gasteiger partial charge in [0.05, 0.1) is 12.1 Å². The van der Waals surface area contributed by atoms with E-state index in [-0.39, 0.29) is 6.54 Å². The normalized spacial score (nSPS) is 32.5. The third kappa shape index (κ3) is 2.44. The third-order valence-corrected chi connectivity index (χ3v) is 3.26. The minimum absolute atomic E-state index is 0.135. The van der Waals surface area contributed by atoms with Crippen LogP contribution < -0.4 is 0 Å². The lowest BCUT2D eigenvalue weighted by atomic mass is 9.91. The van der Waals surface area contributed by atoms with E-state index in [1.807, 2.05) is 4.90 Å². The van der Waals surface area contributed by atoms with Gasteiger partial charge in [0.15, 0.2) is 0 Å². The van der Waals surface area contributed by atoms with Crippen LogP contribution in [0, 0.1) is 0 Å². The van der Waals surface area contributed by atoms with E-state index in [0.717, 1.165) is 0 Å². The largest absolute Gasteiger partial charge is 0.465 e. The number of rotatable bonds is 2. The standard InChI is InChI=1S/C10H17FN2O3/c11-8-4-12(5-8)6-10(16)2-1-3-13(7-10)9(14)15/h8,16H,1-7H2,(H,14,15). The van der Waals surface area contributed by atoms with Crippen molar-refractivity contribution in [2.75, 3.05) is 32.7 Å². The molecule has 2 aliphatic rings. The monoisotopic (exact) mass is 232 g/mol. The number of hydrogen-bond donors (Lipinski definition) is 2. The average Bonchev–Trinajstić information content (AvgIpc) is 2.15. The summed E-state index contributed by atoms with van der Waals surface area (Å²) in [6.07, 6.45) is -0.534. The first kappa shape index (κ1) is 11.6. The Morgan fingerprint density at radius 2 is 2.19 bits per heavy atom. The molecule has 0 aliphatic carbocycles. The quantitative estimate of drug-likeness (QED) is 0.711. The zero-order chi connectivity index (χ0) is 11.8. The molecule has 0 spiro atoms. The van der Waals surface area contributed by atoms with Gasteiger partial charge in [0, 0.05) is 26.2 Å². The summed E-state index contributed by atoms with van der Waals surface area (Å²) < 4.78 is 12.6. The van der Waals surface area contributed by atoms with Gasteiger partial charge in [0.25, 0.3) is 0 Å². The van der Waals surface area contributed by atoms with Gasteiger partial charge < -0.3 is 15.1 Å². The Labute approximate surface area is 93.4 Å². The van der Waals surface area contributed by atoms with Crippen molar-refractivity contribution in [2.24, 2.45) is 0 Å². The van der Waals surface area contributed by atoms with E-state index < -0.39 is 17.9 Å². The van der Waals surface area contributed by atoms with Crippen molar-refractivity contribution in [3.05, 3.63) is 0 Å². The van der Waals surface area contributed by atoms with Crippen LogP contribution in [0.2, 0.25) is 0 Å². The molecule has 0 bridgehead atoms. The number of β-amino-alcohol motifs (C(OH)–C–C–N with tert-alkyl or cyclic N) is 1. The molecule has 5 nitrogen and oxygen atoms in total. The summed E-state index contributed by atoms with van der Waals surface area (Å²) in [5, 5.41) is 19.1. The van der Waals surface area contributed by atoms with Crippen LogP contribution >= 0.6 is 0 Å². The Morgan fingerprint density at radius 1 is 1.50 bits per heavy atom. The number of piperidine rings is 1. The van der Waals surface area contributed by atoms with Gasteiger partial charge in [-0.25, -0.2) is 9.18 Å². The van der Waals surface area contributed by atoms with Crippen molar-refractivity contribution in [3.63, 3.8) is 0 Å². The summed E-state index contributed by atoms with van der Waals surface area (Å²) in [4.78, 5) is 13.9. The van der Waals surface area contributed by atoms with Gasteiger partial charge in [-0.15, -0.1) is 0 Å². The molecular formula is C10H17FN2O3. The lowest BCUT2D eigenvalue weighted by Gasteiger charge is -2.44. The van der Waals surface area contributed by atoms with Crippen LogP contribution in [0.1, 0.15) is 12.8 Å². The fourth-order valence-corrected chi connectivity index (χ4v) is 2.46. The third-order valence-electron chi connectivity index (χ3n) is 3.26. The predicted octanol–water partition coefficient (Wildman–Crippen LogP) is 0.145. The van der Waals surface area contributed by atoms with E-state index in [2.05, 4.69) is 0 Å². The summed E-state index contributed by atoms with van der Waals surface area (Å²) in [5.41, 5.74) is -1.00. The van der Waals surface area contributed by atoms with Gasteiger partial charge >= 0.3 is 6.09 Å². The van der Waals surface area contributed by atoms with E-state index in [4.69, 9.17) is 5.11 Å². The molecule has 1 unspecified atom stereocenters. The van der Waals surface area contributed by atoms with Gasteiger partial charge in [-0.05, 0) is 12.8 Å². The minimum atomic E-state index is -1.00. The van der Waals surface area contributed by atoms with Crippen molar-refractivity contribution < 1.29 is 19.4 Å². The molecule has 0 aromatic carbocycles. The average molecular weight is 232 g/mol. The molecule has 0 aromatic rings. The Bertz CT molecular complexity index is 283. The number of carboxylic acid groups (broad SMARTS) is 1. The molecule has 2 fully saturated rings. The van der Waals surface area contributed by atoms with Crippen LogP contribution in [0.4, 0.5) is 9.18 Å². The van der Waals surface area contributed by atoms with Crippen LogP contribution in [0.3, 0.4) is 0 Å². The Kier molecular flexibility index (Phi) is 3.03. The van der Waals surface area contributed by atoms with Crippen molar-refractivity contribution in [2.45, 2.75) is 24.6 Å². The van der Waals surface area contributed by atoms with Gasteiger partial charge in [0.1, 0.15) is 6.17 Å². The number of nitrogens with zero attached hydrogens (tertiary/aromatic N) is 2. The summed E-state index contributed by atoms with van der Waals surface area (Å²) >= 11 is 0. The van der Waals surface area contributed by atoms with Crippen molar-refractivity contribution in [3.8, 4) is 0 Å². The maximum absolute atomic E-state index is 12.6. The molecular weight excluding hydrogens is 215 g/mol. The second-order valence-electron chi connectivity index (χ2n) is 4.82. The number of likely N-dealkylation sites (tertiary alicyclic amines) is 2. The fraction of sp³-hybridized carbons (Fsp3) is 0.900. The number of hydrogen-bond acceptors (Lipinski definition) is 3. The van der Waals surface area contributed by atoms with Crippen LogP contribution in [0.15, 0.2) is 0 Å². The maximum Gasteiger partial charge on any atom is 0.407 e. The van der Waals surface area contributed by atoms with Gasteiger partial charge in [-0.2, -0.15) is 0 Å². The van der Waals surface area contributed by atoms with Crippen molar-refractivity contribution in [1.82, 2.24) is 9.80 Å². The molecule has 2 rings (SSSR count). The van der Waals surface area contributed by atoms with Crippen LogP contribution in [0.25, 0.3) is 0 Å². The molecule has 1 atom stereocenters. The molecule has 1 amide bonds. The Morgan fingerprint density at radius 3 is 2.75 bits per heavy atom. The van der Waals surface area contributed by atoms with Crippen molar-refractivity contribution in [1.29, 1.82) is 0 Å². The second-order valence-corrected chi connectivity index (χ2v) is 4.82. The molecule has 6 heteroatoms. The molecule has 16 heavy (non-hydrogen) atoms. The first-order valence-corrected chi connectivity index (χ1v) is 5.55. The maximum atomic E-state index is 12.6. The molecule has 2 N–H and O–H groups in total. The van der Waals surface area contributed by atoms with E-state index in [0.29, 0.717) is 39.0 Å². The summed E-state index contributed by atoms with van der Waals surface area (Å²) in [6.45, 7) is 1.70. The predicted molar refractivity (Wildman–Crippen MR) is 55.1 cm³/mol. The molecule has 2 aliphatic heterocycles. The minimum Gasteiger partial charge on any atom is -0.465 e. The summed E-state index contributed by atoms with van der Waals surface area (Å²) in [7, 11) is 0. The first-order valence-electron chi connectivity index (χ1n) is 5.55.